The van der Waals surface area contributed by atoms with Crippen molar-refractivity contribution in [3.63, 3.8) is 0 Å². The van der Waals surface area contributed by atoms with Crippen LogP contribution in [0.4, 0.5) is 11.5 Å². The fourth-order valence-electron chi connectivity index (χ4n) is 3.27. The molecule has 4 heteroatoms. The van der Waals surface area contributed by atoms with E-state index in [0.29, 0.717) is 0 Å². The third-order valence-electron chi connectivity index (χ3n) is 4.74. The Labute approximate surface area is 151 Å². The number of hydrogen-bond donors (Lipinski definition) is 2. The molecule has 134 valence electrons. The fraction of sp³-hybridized carbons (Fsp3) is 0.476. The third-order valence-corrected chi connectivity index (χ3v) is 4.74. The van der Waals surface area contributed by atoms with Gasteiger partial charge in [-0.3, -0.25) is 0 Å². The Morgan fingerprint density at radius 1 is 0.880 bits per heavy atom. The van der Waals surface area contributed by atoms with Crippen molar-refractivity contribution in [1.82, 2.24) is 10.3 Å². The minimum Gasteiger partial charge on any atom is -0.372 e. The number of pyridine rings is 1. The van der Waals surface area contributed by atoms with Crippen LogP contribution in [0.5, 0.6) is 0 Å². The van der Waals surface area contributed by atoms with E-state index in [1.165, 1.54) is 50.0 Å². The molecular formula is C21H30N4. The Hall–Kier alpha value is -2.07. The molecule has 0 saturated carbocycles. The van der Waals surface area contributed by atoms with Crippen molar-refractivity contribution >= 4 is 11.5 Å². The molecule has 0 aliphatic carbocycles. The normalized spacial score (nSPS) is 14.5. The quantitative estimate of drug-likeness (QED) is 0.677. The number of anilines is 2. The minimum absolute atomic E-state index is 0.952. The van der Waals surface area contributed by atoms with E-state index in [0.717, 1.165) is 31.9 Å². The first-order valence-electron chi connectivity index (χ1n) is 9.61. The van der Waals surface area contributed by atoms with Crippen LogP contribution in [0.25, 0.3) is 0 Å². The van der Waals surface area contributed by atoms with E-state index < -0.39 is 0 Å². The zero-order valence-corrected chi connectivity index (χ0v) is 15.1. The highest BCUT2D eigenvalue weighted by molar-refractivity contribution is 5.47. The summed E-state index contributed by atoms with van der Waals surface area (Å²) in [6.45, 7) is 5.41. The Kier molecular flexibility index (Phi) is 7.13. The lowest BCUT2D eigenvalue weighted by Crippen LogP contribution is -2.29. The Bertz CT molecular complexity index is 591. The van der Waals surface area contributed by atoms with Crippen LogP contribution in [-0.2, 0) is 6.54 Å². The maximum absolute atomic E-state index is 4.26. The number of piperidine rings is 1. The molecule has 3 rings (SSSR count). The number of benzene rings is 1. The highest BCUT2D eigenvalue weighted by Gasteiger charge is 2.10. The highest BCUT2D eigenvalue weighted by Crippen LogP contribution is 2.20. The largest absolute Gasteiger partial charge is 0.372 e. The van der Waals surface area contributed by atoms with Gasteiger partial charge in [0, 0.05) is 38.1 Å². The van der Waals surface area contributed by atoms with Crippen molar-refractivity contribution in [1.29, 1.82) is 0 Å². The maximum atomic E-state index is 4.26. The average molecular weight is 338 g/mol. The number of rotatable bonds is 9. The predicted octanol–water partition coefficient (Wildman–Crippen LogP) is 4.05. The summed E-state index contributed by atoms with van der Waals surface area (Å²) in [7, 11) is 0. The van der Waals surface area contributed by atoms with Gasteiger partial charge < -0.3 is 15.5 Å². The van der Waals surface area contributed by atoms with Crippen molar-refractivity contribution in [2.75, 3.05) is 36.4 Å². The lowest BCUT2D eigenvalue weighted by Gasteiger charge is -2.28. The van der Waals surface area contributed by atoms with Gasteiger partial charge in [0.15, 0.2) is 0 Å². The topological polar surface area (TPSA) is 40.2 Å². The van der Waals surface area contributed by atoms with Crippen LogP contribution < -0.4 is 15.5 Å². The van der Waals surface area contributed by atoms with Gasteiger partial charge in [0.05, 0.1) is 0 Å². The zero-order valence-electron chi connectivity index (χ0n) is 15.1. The molecule has 2 heterocycles. The van der Waals surface area contributed by atoms with Crippen molar-refractivity contribution in [2.45, 2.75) is 38.6 Å². The molecule has 1 saturated heterocycles. The Morgan fingerprint density at radius 3 is 2.44 bits per heavy atom. The van der Waals surface area contributed by atoms with E-state index in [1.54, 1.807) is 0 Å². The number of unbranched alkanes of at least 4 members (excludes halogenated alkanes) is 1. The van der Waals surface area contributed by atoms with Gasteiger partial charge >= 0.3 is 0 Å². The van der Waals surface area contributed by atoms with Gasteiger partial charge in [-0.25, -0.2) is 4.98 Å². The molecule has 2 aromatic rings. The van der Waals surface area contributed by atoms with Crippen LogP contribution in [0.2, 0.25) is 0 Å². The minimum atomic E-state index is 0.952. The van der Waals surface area contributed by atoms with Crippen LogP contribution in [0.3, 0.4) is 0 Å². The summed E-state index contributed by atoms with van der Waals surface area (Å²) in [4.78, 5) is 6.77. The molecule has 1 aromatic carbocycles. The molecule has 4 nitrogen and oxygen atoms in total. The lowest BCUT2D eigenvalue weighted by atomic mass is 10.1. The number of nitrogens with one attached hydrogen (secondary N) is 2. The molecule has 2 N–H and O–H groups in total. The van der Waals surface area contributed by atoms with Gasteiger partial charge in [-0.2, -0.15) is 0 Å². The van der Waals surface area contributed by atoms with Gasteiger partial charge in [-0.05, 0) is 68.5 Å². The molecule has 0 atom stereocenters. The third kappa shape index (κ3) is 6.05. The number of aromatic nitrogens is 1. The lowest BCUT2D eigenvalue weighted by molar-refractivity contribution is 0.577. The van der Waals surface area contributed by atoms with E-state index in [9.17, 15) is 0 Å². The van der Waals surface area contributed by atoms with Gasteiger partial charge in [0.25, 0.3) is 0 Å². The fourth-order valence-corrected chi connectivity index (χ4v) is 3.27. The molecule has 1 aromatic heterocycles. The van der Waals surface area contributed by atoms with Gasteiger partial charge in [-0.15, -0.1) is 0 Å². The van der Waals surface area contributed by atoms with Crippen LogP contribution in [0.1, 0.15) is 37.7 Å². The smallest absolute Gasteiger partial charge is 0.125 e. The second-order valence-corrected chi connectivity index (χ2v) is 6.74. The van der Waals surface area contributed by atoms with Crippen LogP contribution >= 0.6 is 0 Å². The van der Waals surface area contributed by atoms with E-state index in [2.05, 4.69) is 44.8 Å². The molecule has 25 heavy (non-hydrogen) atoms. The van der Waals surface area contributed by atoms with E-state index >= 15 is 0 Å². The van der Waals surface area contributed by atoms with Crippen LogP contribution in [0.15, 0.2) is 48.7 Å². The van der Waals surface area contributed by atoms with Gasteiger partial charge in [-0.1, -0.05) is 18.2 Å². The molecule has 1 aliphatic heterocycles. The van der Waals surface area contributed by atoms with Crippen molar-refractivity contribution < 1.29 is 0 Å². The van der Waals surface area contributed by atoms with Crippen molar-refractivity contribution in [3.05, 3.63) is 54.2 Å². The first kappa shape index (κ1) is 17.7. The first-order chi connectivity index (χ1) is 12.4. The molecular weight excluding hydrogens is 308 g/mol. The second-order valence-electron chi connectivity index (χ2n) is 6.74. The summed E-state index contributed by atoms with van der Waals surface area (Å²) >= 11 is 0. The number of hydrogen-bond acceptors (Lipinski definition) is 4. The second kappa shape index (κ2) is 10.0. The highest BCUT2D eigenvalue weighted by atomic mass is 15.1. The summed E-state index contributed by atoms with van der Waals surface area (Å²) in [5, 5.41) is 6.89. The molecule has 0 radical (unpaired) electrons. The molecule has 1 aliphatic rings. The van der Waals surface area contributed by atoms with Crippen LogP contribution in [0, 0.1) is 0 Å². The Balaban J connectivity index is 1.27. The van der Waals surface area contributed by atoms with E-state index in [4.69, 9.17) is 0 Å². The summed E-state index contributed by atoms with van der Waals surface area (Å²) in [6, 6.07) is 15.0. The van der Waals surface area contributed by atoms with Gasteiger partial charge in [0.2, 0.25) is 0 Å². The monoisotopic (exact) mass is 338 g/mol. The van der Waals surface area contributed by atoms with E-state index in [1.807, 2.05) is 24.4 Å². The SMILES string of the molecule is c1ccc(NCCCCNCc2ccc(N3CCCCC3)cc2)nc1. The Morgan fingerprint density at radius 2 is 1.68 bits per heavy atom. The maximum Gasteiger partial charge on any atom is 0.125 e. The molecule has 0 spiro atoms. The number of nitrogens with zero attached hydrogens (tertiary/aromatic N) is 2. The summed E-state index contributed by atoms with van der Waals surface area (Å²) in [5.74, 6) is 0.962. The summed E-state index contributed by atoms with van der Waals surface area (Å²) in [5.41, 5.74) is 2.75. The molecule has 0 unspecified atom stereocenters. The molecule has 1 fully saturated rings. The standard InChI is InChI=1S/C21H30N4/c1-6-16-25(17-7-1)20-11-9-19(10-12-20)18-22-13-4-5-15-24-21-8-2-3-14-23-21/h2-3,8-12,14,22H,1,4-7,13,15-18H2,(H,23,24). The average Bonchev–Trinajstić information content (AvgIpc) is 2.69. The summed E-state index contributed by atoms with van der Waals surface area (Å²) < 4.78 is 0. The summed E-state index contributed by atoms with van der Waals surface area (Å²) in [6.07, 6.45) is 8.19. The van der Waals surface area contributed by atoms with Crippen molar-refractivity contribution in [3.8, 4) is 0 Å². The molecule has 0 amide bonds. The van der Waals surface area contributed by atoms with Crippen molar-refractivity contribution in [2.24, 2.45) is 0 Å². The van der Waals surface area contributed by atoms with Gasteiger partial charge in [0.1, 0.15) is 5.82 Å². The zero-order chi connectivity index (χ0) is 17.2. The van der Waals surface area contributed by atoms with E-state index in [-0.39, 0.29) is 0 Å². The first-order valence-corrected chi connectivity index (χ1v) is 9.61. The molecule has 0 bridgehead atoms. The predicted molar refractivity (Wildman–Crippen MR) is 106 cm³/mol. The van der Waals surface area contributed by atoms with Crippen LogP contribution in [-0.4, -0.2) is 31.2 Å².